The van der Waals surface area contributed by atoms with Gasteiger partial charge in [-0.15, -0.1) is 11.6 Å². The van der Waals surface area contributed by atoms with Crippen molar-refractivity contribution in [3.8, 4) is 0 Å². The molecule has 0 aliphatic rings. The van der Waals surface area contributed by atoms with Crippen LogP contribution in [0.5, 0.6) is 0 Å². The van der Waals surface area contributed by atoms with Gasteiger partial charge in [0.2, 0.25) is 0 Å². The van der Waals surface area contributed by atoms with Gasteiger partial charge in [-0.2, -0.15) is 0 Å². The zero-order chi connectivity index (χ0) is 15.0. The number of nitrogens with one attached hydrogen (secondary N) is 1. The Morgan fingerprint density at radius 3 is 2.45 bits per heavy atom. The van der Waals surface area contributed by atoms with Crippen molar-refractivity contribution in [2.24, 2.45) is 5.92 Å². The second kappa shape index (κ2) is 8.59. The van der Waals surface area contributed by atoms with Gasteiger partial charge in [-0.25, -0.2) is 4.79 Å². The molecule has 1 atom stereocenters. The Balaban J connectivity index is 2.47. The molecule has 0 saturated heterocycles. The smallest absolute Gasteiger partial charge is 0.408 e. The highest BCUT2D eigenvalue weighted by Crippen LogP contribution is 2.07. The Labute approximate surface area is 124 Å². The molecule has 1 aromatic carbocycles. The highest BCUT2D eigenvalue weighted by molar-refractivity contribution is 6.28. The molecule has 0 bridgehead atoms. The van der Waals surface area contributed by atoms with Crippen molar-refractivity contribution >= 4 is 23.5 Å². The van der Waals surface area contributed by atoms with E-state index in [1.165, 1.54) is 0 Å². The van der Waals surface area contributed by atoms with Crippen LogP contribution in [0.2, 0.25) is 0 Å². The van der Waals surface area contributed by atoms with E-state index in [0.717, 1.165) is 5.56 Å². The Hall–Kier alpha value is -1.55. The van der Waals surface area contributed by atoms with Crippen molar-refractivity contribution in [1.82, 2.24) is 5.32 Å². The van der Waals surface area contributed by atoms with E-state index >= 15 is 0 Å². The number of rotatable bonds is 7. The summed E-state index contributed by atoms with van der Waals surface area (Å²) in [5.74, 6) is -0.0327. The van der Waals surface area contributed by atoms with Crippen LogP contribution in [-0.2, 0) is 16.1 Å². The van der Waals surface area contributed by atoms with Gasteiger partial charge in [0.15, 0.2) is 5.78 Å². The van der Waals surface area contributed by atoms with Crippen LogP contribution in [0.3, 0.4) is 0 Å². The van der Waals surface area contributed by atoms with Crippen LogP contribution >= 0.6 is 11.6 Å². The number of carbonyl (C=O) groups excluding carboxylic acids is 2. The molecule has 0 unspecified atom stereocenters. The molecule has 0 aliphatic carbocycles. The molecule has 0 aliphatic heterocycles. The maximum absolute atomic E-state index is 11.7. The summed E-state index contributed by atoms with van der Waals surface area (Å²) in [4.78, 5) is 23.4. The molecule has 0 saturated carbocycles. The van der Waals surface area contributed by atoms with E-state index in [9.17, 15) is 9.59 Å². The highest BCUT2D eigenvalue weighted by atomic mass is 35.5. The molecule has 1 aromatic rings. The lowest BCUT2D eigenvalue weighted by Crippen LogP contribution is -2.42. The SMILES string of the molecule is CC(C)C[C@@H](NC(=O)OCc1ccccc1)C(=O)CCl. The van der Waals surface area contributed by atoms with Gasteiger partial charge in [0.05, 0.1) is 11.9 Å². The number of carbonyl (C=O) groups is 2. The largest absolute Gasteiger partial charge is 0.445 e. The van der Waals surface area contributed by atoms with Gasteiger partial charge in [-0.1, -0.05) is 44.2 Å². The lowest BCUT2D eigenvalue weighted by atomic mass is 10.0. The van der Waals surface area contributed by atoms with Crippen LogP contribution < -0.4 is 5.32 Å². The van der Waals surface area contributed by atoms with Crippen LogP contribution in [0.1, 0.15) is 25.8 Å². The van der Waals surface area contributed by atoms with E-state index in [1.54, 1.807) is 0 Å². The highest BCUT2D eigenvalue weighted by Gasteiger charge is 2.21. The first kappa shape index (κ1) is 16.5. The normalized spacial score (nSPS) is 12.0. The van der Waals surface area contributed by atoms with Crippen molar-refractivity contribution in [1.29, 1.82) is 0 Å². The molecule has 110 valence electrons. The van der Waals surface area contributed by atoms with Gasteiger partial charge in [0.25, 0.3) is 0 Å². The zero-order valence-electron chi connectivity index (χ0n) is 11.8. The molecular formula is C15H20ClNO3. The summed E-state index contributed by atoms with van der Waals surface area (Å²) in [7, 11) is 0. The Morgan fingerprint density at radius 1 is 1.25 bits per heavy atom. The first-order chi connectivity index (χ1) is 9.52. The lowest BCUT2D eigenvalue weighted by Gasteiger charge is -2.18. The van der Waals surface area contributed by atoms with E-state index in [4.69, 9.17) is 16.3 Å². The van der Waals surface area contributed by atoms with E-state index in [1.807, 2.05) is 44.2 Å². The van der Waals surface area contributed by atoms with Gasteiger partial charge in [0, 0.05) is 0 Å². The quantitative estimate of drug-likeness (QED) is 0.787. The summed E-state index contributed by atoms with van der Waals surface area (Å²) in [6, 6.07) is 8.77. The summed E-state index contributed by atoms with van der Waals surface area (Å²) in [5.41, 5.74) is 0.895. The number of ether oxygens (including phenoxy) is 1. The van der Waals surface area contributed by atoms with E-state index < -0.39 is 12.1 Å². The van der Waals surface area contributed by atoms with E-state index in [0.29, 0.717) is 6.42 Å². The molecule has 4 nitrogen and oxygen atoms in total. The van der Waals surface area contributed by atoms with Crippen molar-refractivity contribution < 1.29 is 14.3 Å². The molecular weight excluding hydrogens is 278 g/mol. The Kier molecular flexibility index (Phi) is 7.09. The summed E-state index contributed by atoms with van der Waals surface area (Å²) in [5, 5.41) is 2.57. The summed E-state index contributed by atoms with van der Waals surface area (Å²) in [6.07, 6.45) is -0.0515. The number of ketones is 1. The van der Waals surface area contributed by atoms with Crippen LogP contribution in [0.15, 0.2) is 30.3 Å². The zero-order valence-corrected chi connectivity index (χ0v) is 12.5. The monoisotopic (exact) mass is 297 g/mol. The molecule has 1 N–H and O–H groups in total. The second-order valence-corrected chi connectivity index (χ2v) is 5.26. The number of hydrogen-bond donors (Lipinski definition) is 1. The van der Waals surface area contributed by atoms with Crippen LogP contribution in [0.25, 0.3) is 0 Å². The summed E-state index contributed by atoms with van der Waals surface area (Å²) >= 11 is 5.54. The maximum Gasteiger partial charge on any atom is 0.408 e. The van der Waals surface area contributed by atoms with Gasteiger partial charge in [0.1, 0.15) is 6.61 Å². The minimum absolute atomic E-state index is 0.115. The molecule has 5 heteroatoms. The summed E-state index contributed by atoms with van der Waals surface area (Å²) in [6.45, 7) is 4.13. The number of amides is 1. The van der Waals surface area contributed by atoms with E-state index in [-0.39, 0.29) is 24.2 Å². The first-order valence-electron chi connectivity index (χ1n) is 6.58. The minimum Gasteiger partial charge on any atom is -0.445 e. The molecule has 0 spiro atoms. The molecule has 0 heterocycles. The molecule has 0 aromatic heterocycles. The number of alkyl carbamates (subject to hydrolysis) is 1. The predicted octanol–water partition coefficient (Wildman–Crippen LogP) is 3.14. The molecule has 0 fully saturated rings. The van der Waals surface area contributed by atoms with Gasteiger partial charge in [-0.3, -0.25) is 4.79 Å². The standard InChI is InChI=1S/C15H20ClNO3/c1-11(2)8-13(14(18)9-16)17-15(19)20-10-12-6-4-3-5-7-12/h3-7,11,13H,8-10H2,1-2H3,(H,17,19)/t13-/m1/s1. The van der Waals surface area contributed by atoms with Crippen LogP contribution in [-0.4, -0.2) is 23.8 Å². The number of Topliss-reactive ketones (excluding diaryl/α,β-unsaturated/α-hetero) is 1. The number of halogens is 1. The third kappa shape index (κ3) is 6.06. The second-order valence-electron chi connectivity index (χ2n) is 4.99. The fourth-order valence-corrected chi connectivity index (χ4v) is 1.93. The van der Waals surface area contributed by atoms with Gasteiger partial charge in [-0.05, 0) is 17.9 Å². The van der Waals surface area contributed by atoms with Crippen molar-refractivity contribution in [2.75, 3.05) is 5.88 Å². The average Bonchev–Trinajstić information content (AvgIpc) is 2.44. The molecule has 0 radical (unpaired) electrons. The van der Waals surface area contributed by atoms with Gasteiger partial charge < -0.3 is 10.1 Å². The lowest BCUT2D eigenvalue weighted by molar-refractivity contribution is -0.119. The minimum atomic E-state index is -0.599. The number of hydrogen-bond acceptors (Lipinski definition) is 3. The Bertz CT molecular complexity index is 434. The van der Waals surface area contributed by atoms with Crippen LogP contribution in [0.4, 0.5) is 4.79 Å². The van der Waals surface area contributed by atoms with Crippen molar-refractivity contribution in [3.63, 3.8) is 0 Å². The first-order valence-corrected chi connectivity index (χ1v) is 7.12. The third-order valence-corrected chi connectivity index (χ3v) is 3.00. The molecule has 1 amide bonds. The number of alkyl halides is 1. The average molecular weight is 298 g/mol. The summed E-state index contributed by atoms with van der Waals surface area (Å²) < 4.78 is 5.09. The number of benzene rings is 1. The van der Waals surface area contributed by atoms with E-state index in [2.05, 4.69) is 5.32 Å². The molecule has 20 heavy (non-hydrogen) atoms. The fraction of sp³-hybridized carbons (Fsp3) is 0.467. The Morgan fingerprint density at radius 2 is 1.90 bits per heavy atom. The van der Waals surface area contributed by atoms with Crippen LogP contribution in [0, 0.1) is 5.92 Å². The van der Waals surface area contributed by atoms with Crippen molar-refractivity contribution in [3.05, 3.63) is 35.9 Å². The predicted molar refractivity (Wildman–Crippen MR) is 78.7 cm³/mol. The van der Waals surface area contributed by atoms with Crippen molar-refractivity contribution in [2.45, 2.75) is 32.9 Å². The fourth-order valence-electron chi connectivity index (χ4n) is 1.74. The topological polar surface area (TPSA) is 55.4 Å². The molecule has 1 rings (SSSR count). The maximum atomic E-state index is 11.7. The third-order valence-electron chi connectivity index (χ3n) is 2.73. The van der Waals surface area contributed by atoms with Gasteiger partial charge >= 0.3 is 6.09 Å².